The Balaban J connectivity index is 2.31. The molecule has 1 aliphatic rings. The van der Waals surface area contributed by atoms with Gasteiger partial charge >= 0.3 is 0 Å². The van der Waals surface area contributed by atoms with Gasteiger partial charge in [-0.1, -0.05) is 18.2 Å². The first-order chi connectivity index (χ1) is 7.02. The predicted octanol–water partition coefficient (Wildman–Crippen LogP) is 1.67. The highest BCUT2D eigenvalue weighted by Gasteiger charge is 2.44. The number of para-hydroxylation sites is 1. The van der Waals surface area contributed by atoms with Crippen LogP contribution in [-0.2, 0) is 4.79 Å². The fraction of sp³-hybridized carbons (Fsp3) is 0.364. The van der Waals surface area contributed by atoms with Crippen LogP contribution in [0.15, 0.2) is 30.3 Å². The van der Waals surface area contributed by atoms with Crippen LogP contribution in [0.5, 0.6) is 0 Å². The molecule has 1 amide bonds. The Bertz CT molecular complexity index is 375. The molecule has 1 heterocycles. The van der Waals surface area contributed by atoms with Crippen LogP contribution in [0.1, 0.15) is 13.8 Å². The molecule has 4 nitrogen and oxygen atoms in total. The molecule has 0 radical (unpaired) electrons. The molecule has 1 aromatic carbocycles. The Morgan fingerprint density at radius 2 is 1.87 bits per heavy atom. The van der Waals surface area contributed by atoms with Gasteiger partial charge in [0.25, 0.3) is 5.91 Å². The van der Waals surface area contributed by atoms with Crippen LogP contribution in [0, 0.1) is 5.41 Å². The van der Waals surface area contributed by atoms with Crippen LogP contribution in [-0.4, -0.2) is 22.8 Å². The molecule has 1 N–H and O–H groups in total. The van der Waals surface area contributed by atoms with Gasteiger partial charge in [0.05, 0.1) is 17.6 Å². The quantitative estimate of drug-likeness (QED) is 0.711. The fourth-order valence-electron chi connectivity index (χ4n) is 1.69. The highest BCUT2D eigenvalue weighted by molar-refractivity contribution is 5.86. The second-order valence-electron chi connectivity index (χ2n) is 4.37. The molecule has 0 unspecified atom stereocenters. The van der Waals surface area contributed by atoms with Crippen molar-refractivity contribution in [1.82, 2.24) is 5.17 Å². The largest absolute Gasteiger partial charge is 0.274 e. The maximum atomic E-state index is 11.6. The van der Waals surface area contributed by atoms with E-state index in [0.29, 0.717) is 11.7 Å². The summed E-state index contributed by atoms with van der Waals surface area (Å²) in [5.74, 6) is -0.272. The first-order valence-electron chi connectivity index (χ1n) is 4.88. The summed E-state index contributed by atoms with van der Waals surface area (Å²) in [4.78, 5) is 11.6. The minimum absolute atomic E-state index is 0.272. The molecule has 2 rings (SSSR count). The van der Waals surface area contributed by atoms with Gasteiger partial charge in [0, 0.05) is 0 Å². The Morgan fingerprint density at radius 3 is 2.33 bits per heavy atom. The average Bonchev–Trinajstić information content (AvgIpc) is 2.44. The van der Waals surface area contributed by atoms with Crippen molar-refractivity contribution in [2.24, 2.45) is 5.41 Å². The Morgan fingerprint density at radius 1 is 1.27 bits per heavy atom. The molecule has 0 aromatic heterocycles. The summed E-state index contributed by atoms with van der Waals surface area (Å²) in [6.07, 6.45) is 0. The lowest BCUT2D eigenvalue weighted by Gasteiger charge is -2.23. The average molecular weight is 206 g/mol. The molecule has 80 valence electrons. The number of carbonyl (C=O) groups is 1. The molecule has 0 aliphatic carbocycles. The van der Waals surface area contributed by atoms with E-state index < -0.39 is 5.41 Å². The highest BCUT2D eigenvalue weighted by atomic mass is 16.6. The van der Waals surface area contributed by atoms with Crippen LogP contribution in [0.3, 0.4) is 0 Å². The van der Waals surface area contributed by atoms with E-state index in [-0.39, 0.29) is 5.91 Å². The van der Waals surface area contributed by atoms with Gasteiger partial charge in [0.2, 0.25) is 0 Å². The number of rotatable bonds is 1. The van der Waals surface area contributed by atoms with Crippen molar-refractivity contribution in [2.75, 3.05) is 11.6 Å². The summed E-state index contributed by atoms with van der Waals surface area (Å²) in [6, 6.07) is 9.36. The number of anilines is 1. The fourth-order valence-corrected chi connectivity index (χ4v) is 1.69. The number of nitrogens with zero attached hydrogens (tertiary/aromatic N) is 2. The molecule has 1 aliphatic heterocycles. The van der Waals surface area contributed by atoms with E-state index in [0.717, 1.165) is 5.69 Å². The van der Waals surface area contributed by atoms with E-state index in [1.165, 1.54) is 0 Å². The minimum Gasteiger partial charge on any atom is -0.270 e. The molecule has 1 saturated heterocycles. The van der Waals surface area contributed by atoms with Crippen LogP contribution in [0.25, 0.3) is 0 Å². The van der Waals surface area contributed by atoms with E-state index in [9.17, 15) is 10.0 Å². The van der Waals surface area contributed by atoms with Crippen molar-refractivity contribution < 1.29 is 10.0 Å². The molecular formula is C11H14N2O2. The normalized spacial score (nSPS) is 19.8. The Labute approximate surface area is 88.6 Å². The SMILES string of the molecule is CC1(C)CN(c2ccccc2)N(O)C1=O. The van der Waals surface area contributed by atoms with Crippen molar-refractivity contribution in [3.05, 3.63) is 30.3 Å². The summed E-state index contributed by atoms with van der Waals surface area (Å²) in [5, 5.41) is 11.9. The van der Waals surface area contributed by atoms with Crippen LogP contribution >= 0.6 is 0 Å². The summed E-state index contributed by atoms with van der Waals surface area (Å²) < 4.78 is 0. The van der Waals surface area contributed by atoms with Crippen molar-refractivity contribution in [1.29, 1.82) is 0 Å². The van der Waals surface area contributed by atoms with Crippen LogP contribution in [0.4, 0.5) is 5.69 Å². The molecule has 1 fully saturated rings. The van der Waals surface area contributed by atoms with Gasteiger partial charge in [-0.25, -0.2) is 0 Å². The monoisotopic (exact) mass is 206 g/mol. The highest BCUT2D eigenvalue weighted by Crippen LogP contribution is 2.31. The van der Waals surface area contributed by atoms with Crippen molar-refractivity contribution in [3.8, 4) is 0 Å². The summed E-state index contributed by atoms with van der Waals surface area (Å²) in [5.41, 5.74) is 0.281. The number of hydrogen-bond donors (Lipinski definition) is 1. The topological polar surface area (TPSA) is 43.8 Å². The summed E-state index contributed by atoms with van der Waals surface area (Å²) in [7, 11) is 0. The van der Waals surface area contributed by atoms with Crippen molar-refractivity contribution in [3.63, 3.8) is 0 Å². The van der Waals surface area contributed by atoms with Gasteiger partial charge in [0.1, 0.15) is 0 Å². The zero-order chi connectivity index (χ0) is 11.1. The van der Waals surface area contributed by atoms with Gasteiger partial charge in [-0.05, 0) is 26.0 Å². The molecule has 1 aromatic rings. The standard InChI is InChI=1S/C11H14N2O2/c1-11(2)8-12(13(15)10(11)14)9-6-4-3-5-7-9/h3-7,15H,8H2,1-2H3. The maximum absolute atomic E-state index is 11.6. The van der Waals surface area contributed by atoms with Crippen molar-refractivity contribution in [2.45, 2.75) is 13.8 Å². The van der Waals surface area contributed by atoms with Crippen LogP contribution < -0.4 is 5.01 Å². The number of amides is 1. The van der Waals surface area contributed by atoms with E-state index in [4.69, 9.17) is 0 Å². The minimum atomic E-state index is -0.537. The second kappa shape index (κ2) is 3.24. The van der Waals surface area contributed by atoms with Crippen molar-refractivity contribution >= 4 is 11.6 Å². The molecule has 0 bridgehead atoms. The third-order valence-electron chi connectivity index (χ3n) is 2.59. The van der Waals surface area contributed by atoms with Gasteiger partial charge in [-0.2, -0.15) is 0 Å². The zero-order valence-corrected chi connectivity index (χ0v) is 8.84. The lowest BCUT2D eigenvalue weighted by atomic mass is 9.94. The van der Waals surface area contributed by atoms with Crippen LogP contribution in [0.2, 0.25) is 0 Å². The molecule has 15 heavy (non-hydrogen) atoms. The zero-order valence-electron chi connectivity index (χ0n) is 8.84. The molecule has 4 heteroatoms. The summed E-state index contributed by atoms with van der Waals surface area (Å²) in [6.45, 7) is 4.13. The third kappa shape index (κ3) is 1.57. The maximum Gasteiger partial charge on any atom is 0.274 e. The van der Waals surface area contributed by atoms with Gasteiger partial charge < -0.3 is 0 Å². The first kappa shape index (κ1) is 9.98. The van der Waals surface area contributed by atoms with Gasteiger partial charge in [-0.15, -0.1) is 5.17 Å². The smallest absolute Gasteiger partial charge is 0.270 e. The molecule has 0 saturated carbocycles. The van der Waals surface area contributed by atoms with E-state index >= 15 is 0 Å². The second-order valence-corrected chi connectivity index (χ2v) is 4.37. The lowest BCUT2D eigenvalue weighted by Crippen LogP contribution is -2.36. The lowest BCUT2D eigenvalue weighted by molar-refractivity contribution is -0.165. The predicted molar refractivity (Wildman–Crippen MR) is 56.2 cm³/mol. The molecule has 0 spiro atoms. The van der Waals surface area contributed by atoms with E-state index in [1.54, 1.807) is 5.01 Å². The number of hydroxylamine groups is 1. The number of benzene rings is 1. The van der Waals surface area contributed by atoms with Gasteiger partial charge in [0.15, 0.2) is 0 Å². The van der Waals surface area contributed by atoms with E-state index in [1.807, 2.05) is 44.2 Å². The number of hydrogen-bond acceptors (Lipinski definition) is 3. The number of carbonyl (C=O) groups excluding carboxylic acids is 1. The Hall–Kier alpha value is -1.55. The van der Waals surface area contributed by atoms with E-state index in [2.05, 4.69) is 0 Å². The Kier molecular flexibility index (Phi) is 2.16. The first-order valence-corrected chi connectivity index (χ1v) is 4.88. The van der Waals surface area contributed by atoms with Gasteiger partial charge in [-0.3, -0.25) is 15.0 Å². The number of hydrazine groups is 1. The molecule has 0 atom stereocenters. The third-order valence-corrected chi connectivity index (χ3v) is 2.59. The molecular weight excluding hydrogens is 192 g/mol. The summed E-state index contributed by atoms with van der Waals surface area (Å²) >= 11 is 0.